The molecule has 1 atom stereocenters. The average molecular weight is 370 g/mol. The van der Waals surface area contributed by atoms with E-state index in [1.54, 1.807) is 17.4 Å². The van der Waals surface area contributed by atoms with Gasteiger partial charge in [-0.3, -0.25) is 0 Å². The number of hydrogen-bond donors (Lipinski definition) is 3. The minimum absolute atomic E-state index is 0.0382. The maximum atomic E-state index is 9.25. The average Bonchev–Trinajstić information content (AvgIpc) is 3.14. The van der Waals surface area contributed by atoms with E-state index in [9.17, 15) is 5.11 Å². The van der Waals surface area contributed by atoms with Crippen molar-refractivity contribution < 1.29 is 14.9 Å². The number of aliphatic hydroxyl groups is 2. The van der Waals surface area contributed by atoms with Crippen molar-refractivity contribution in [1.29, 1.82) is 0 Å². The second-order valence-corrected chi connectivity index (χ2v) is 7.01. The van der Waals surface area contributed by atoms with E-state index in [1.807, 2.05) is 25.1 Å². The number of aliphatic hydroxyl groups excluding tert-OH is 2. The molecule has 0 spiro atoms. The summed E-state index contributed by atoms with van der Waals surface area (Å²) in [5, 5.41) is 22.3. The Hall–Kier alpha value is -2.41. The van der Waals surface area contributed by atoms with Gasteiger partial charge in [-0.1, -0.05) is 37.3 Å². The molecule has 3 rings (SSSR count). The van der Waals surface area contributed by atoms with Crippen LogP contribution in [0.4, 0.5) is 10.8 Å². The van der Waals surface area contributed by atoms with Gasteiger partial charge in [-0.15, -0.1) is 11.3 Å². The number of nitrogens with zero attached hydrogens (tertiary/aromatic N) is 1. The van der Waals surface area contributed by atoms with E-state index in [0.29, 0.717) is 11.7 Å². The number of ether oxygens (including phenoxy) is 1. The highest BCUT2D eigenvalue weighted by atomic mass is 32.1. The van der Waals surface area contributed by atoms with E-state index < -0.39 is 0 Å². The first-order chi connectivity index (χ1) is 12.7. The lowest BCUT2D eigenvalue weighted by Gasteiger charge is -2.08. The van der Waals surface area contributed by atoms with Crippen LogP contribution in [-0.4, -0.2) is 35.0 Å². The topological polar surface area (TPSA) is 74.6 Å². The molecule has 1 aromatic carbocycles. The molecule has 0 aliphatic heterocycles. The third kappa shape index (κ3) is 4.60. The zero-order valence-electron chi connectivity index (χ0n) is 14.6. The molecule has 26 heavy (non-hydrogen) atoms. The number of thiophene rings is 1. The summed E-state index contributed by atoms with van der Waals surface area (Å²) in [5.74, 6) is 1.33. The monoisotopic (exact) mass is 370 g/mol. The number of aromatic nitrogens is 1. The van der Waals surface area contributed by atoms with Crippen LogP contribution in [0.5, 0.6) is 5.88 Å². The van der Waals surface area contributed by atoms with Gasteiger partial charge in [-0.05, 0) is 29.3 Å². The lowest BCUT2D eigenvalue weighted by molar-refractivity contribution is 0.197. The summed E-state index contributed by atoms with van der Waals surface area (Å²) in [6, 6.07) is 17.9. The van der Waals surface area contributed by atoms with E-state index in [-0.39, 0.29) is 25.7 Å². The van der Waals surface area contributed by atoms with Crippen molar-refractivity contribution in [3.8, 4) is 16.3 Å². The predicted octanol–water partition coefficient (Wildman–Crippen LogP) is 4.02. The Morgan fingerprint density at radius 2 is 1.88 bits per heavy atom. The number of anilines is 2. The first-order valence-electron chi connectivity index (χ1n) is 8.48. The Balaban J connectivity index is 1.70. The van der Waals surface area contributed by atoms with Gasteiger partial charge in [0.1, 0.15) is 12.4 Å². The number of nitrogens with one attached hydrogen (secondary N) is 1. The fourth-order valence-corrected chi connectivity index (χ4v) is 3.40. The van der Waals surface area contributed by atoms with Crippen LogP contribution in [0.15, 0.2) is 54.6 Å². The molecule has 0 fully saturated rings. The maximum Gasteiger partial charge on any atom is 0.215 e. The van der Waals surface area contributed by atoms with Gasteiger partial charge in [0.15, 0.2) is 0 Å². The minimum Gasteiger partial charge on any atom is -0.475 e. The van der Waals surface area contributed by atoms with Crippen molar-refractivity contribution >= 4 is 22.2 Å². The molecule has 1 unspecified atom stereocenters. The molecule has 5 nitrogen and oxygen atoms in total. The Morgan fingerprint density at radius 3 is 2.62 bits per heavy atom. The Bertz CT molecular complexity index is 833. The number of rotatable bonds is 8. The molecule has 0 radical (unpaired) electrons. The smallest absolute Gasteiger partial charge is 0.215 e. The summed E-state index contributed by atoms with van der Waals surface area (Å²) in [4.78, 5) is 5.52. The Morgan fingerprint density at radius 1 is 1.08 bits per heavy atom. The lowest BCUT2D eigenvalue weighted by Crippen LogP contribution is -2.03. The van der Waals surface area contributed by atoms with Crippen molar-refractivity contribution in [3.63, 3.8) is 0 Å². The lowest BCUT2D eigenvalue weighted by atomic mass is 10.0. The summed E-state index contributed by atoms with van der Waals surface area (Å²) < 4.78 is 5.33. The molecule has 3 aromatic rings. The Kier molecular flexibility index (Phi) is 6.22. The number of hydrogen-bond acceptors (Lipinski definition) is 6. The maximum absolute atomic E-state index is 9.25. The minimum atomic E-state index is -0.0382. The fraction of sp³-hybridized carbons (Fsp3) is 0.250. The van der Waals surface area contributed by atoms with Crippen LogP contribution in [0.2, 0.25) is 0 Å². The molecule has 2 aromatic heterocycles. The van der Waals surface area contributed by atoms with Crippen molar-refractivity contribution in [1.82, 2.24) is 4.98 Å². The first kappa shape index (κ1) is 18.4. The van der Waals surface area contributed by atoms with Crippen LogP contribution >= 0.6 is 11.3 Å². The third-order valence-electron chi connectivity index (χ3n) is 3.96. The van der Waals surface area contributed by atoms with E-state index in [4.69, 9.17) is 9.84 Å². The number of benzene rings is 1. The first-order valence-corrected chi connectivity index (χ1v) is 9.30. The van der Waals surface area contributed by atoms with Crippen molar-refractivity contribution in [2.75, 3.05) is 25.1 Å². The van der Waals surface area contributed by atoms with Gasteiger partial charge in [-0.2, -0.15) is 4.98 Å². The molecule has 2 heterocycles. The largest absolute Gasteiger partial charge is 0.475 e. The van der Waals surface area contributed by atoms with Crippen LogP contribution in [-0.2, 0) is 0 Å². The van der Waals surface area contributed by atoms with Crippen LogP contribution in [0.3, 0.4) is 0 Å². The van der Waals surface area contributed by atoms with Gasteiger partial charge in [-0.25, -0.2) is 0 Å². The quantitative estimate of drug-likeness (QED) is 0.558. The normalized spacial score (nSPS) is 12.0. The molecule has 0 amide bonds. The van der Waals surface area contributed by atoms with Gasteiger partial charge in [0, 0.05) is 23.5 Å². The number of pyridine rings is 1. The van der Waals surface area contributed by atoms with Crippen molar-refractivity contribution in [3.05, 3.63) is 60.2 Å². The van der Waals surface area contributed by atoms with Crippen molar-refractivity contribution in [2.24, 2.45) is 0 Å². The standard InChI is InChI=1S/C20H22N2O3S/c1-14(13-24)15-5-7-16(8-6-15)17-9-10-20(26-17)22-18-3-2-4-19(21-18)25-12-11-23/h2-10,14,23-24H,11-13H2,1H3,(H,21,22). The molecule has 0 aliphatic carbocycles. The van der Waals surface area contributed by atoms with Crippen LogP contribution < -0.4 is 10.1 Å². The van der Waals surface area contributed by atoms with E-state index >= 15 is 0 Å². The van der Waals surface area contributed by atoms with Crippen LogP contribution in [0.25, 0.3) is 10.4 Å². The molecule has 0 aliphatic rings. The molecule has 0 saturated heterocycles. The predicted molar refractivity (Wildman–Crippen MR) is 105 cm³/mol. The second-order valence-electron chi connectivity index (χ2n) is 5.93. The van der Waals surface area contributed by atoms with Crippen LogP contribution in [0, 0.1) is 0 Å². The second kappa shape index (κ2) is 8.80. The third-order valence-corrected chi connectivity index (χ3v) is 5.01. The zero-order chi connectivity index (χ0) is 18.4. The summed E-state index contributed by atoms with van der Waals surface area (Å²) in [6.45, 7) is 2.35. The van der Waals surface area contributed by atoms with Gasteiger partial charge < -0.3 is 20.3 Å². The van der Waals surface area contributed by atoms with Gasteiger partial charge in [0.2, 0.25) is 5.88 Å². The fourth-order valence-electron chi connectivity index (χ4n) is 2.48. The molecule has 3 N–H and O–H groups in total. The summed E-state index contributed by atoms with van der Waals surface area (Å²) >= 11 is 1.64. The molecular weight excluding hydrogens is 348 g/mol. The van der Waals surface area contributed by atoms with Crippen molar-refractivity contribution in [2.45, 2.75) is 12.8 Å². The molecule has 136 valence electrons. The van der Waals surface area contributed by atoms with E-state index in [0.717, 1.165) is 21.0 Å². The molecule has 6 heteroatoms. The van der Waals surface area contributed by atoms with Crippen LogP contribution in [0.1, 0.15) is 18.4 Å². The highest BCUT2D eigenvalue weighted by molar-refractivity contribution is 7.19. The Labute approximate surface area is 156 Å². The SMILES string of the molecule is CC(CO)c1ccc(-c2ccc(Nc3cccc(OCCO)n3)s2)cc1. The van der Waals surface area contributed by atoms with Gasteiger partial charge in [0.25, 0.3) is 0 Å². The molecule has 0 bridgehead atoms. The summed E-state index contributed by atoms with van der Waals surface area (Å²) in [5.41, 5.74) is 2.28. The zero-order valence-corrected chi connectivity index (χ0v) is 15.4. The highest BCUT2D eigenvalue weighted by Gasteiger charge is 2.07. The van der Waals surface area contributed by atoms with Gasteiger partial charge >= 0.3 is 0 Å². The summed E-state index contributed by atoms with van der Waals surface area (Å²) in [7, 11) is 0. The molecule has 0 saturated carbocycles. The van der Waals surface area contributed by atoms with E-state index in [1.165, 1.54) is 0 Å². The highest BCUT2D eigenvalue weighted by Crippen LogP contribution is 2.33. The van der Waals surface area contributed by atoms with E-state index in [2.05, 4.69) is 40.6 Å². The molecular formula is C20H22N2O3S. The summed E-state index contributed by atoms with van der Waals surface area (Å²) in [6.07, 6.45) is 0. The van der Waals surface area contributed by atoms with Gasteiger partial charge in [0.05, 0.1) is 11.6 Å².